The molecule has 0 amide bonds. The van der Waals surface area contributed by atoms with E-state index in [1.807, 2.05) is 12.1 Å². The Labute approximate surface area is 126 Å². The number of carbonyl (C=O) groups excluding carboxylic acids is 1. The molecule has 0 bridgehead atoms. The van der Waals surface area contributed by atoms with Gasteiger partial charge in [-0.1, -0.05) is 37.9 Å². The number of aryl methyl sites for hydroxylation is 1. The van der Waals surface area contributed by atoms with Crippen LogP contribution in [-0.4, -0.2) is 12.3 Å². The van der Waals surface area contributed by atoms with Gasteiger partial charge >= 0.3 is 0 Å². The summed E-state index contributed by atoms with van der Waals surface area (Å²) in [5.74, 6) is 0.261. The summed E-state index contributed by atoms with van der Waals surface area (Å²) in [6, 6.07) is 6.18. The van der Waals surface area contributed by atoms with Crippen LogP contribution in [0.1, 0.15) is 50.7 Å². The first-order chi connectivity index (χ1) is 9.33. The zero-order valence-electron chi connectivity index (χ0n) is 12.6. The van der Waals surface area contributed by atoms with Crippen LogP contribution in [0.2, 0.25) is 5.02 Å². The Hall–Kier alpha value is -0.860. The van der Waals surface area contributed by atoms with E-state index in [0.29, 0.717) is 13.0 Å². The molecule has 0 saturated heterocycles. The van der Waals surface area contributed by atoms with Crippen molar-refractivity contribution in [3.63, 3.8) is 0 Å². The van der Waals surface area contributed by atoms with Crippen molar-refractivity contribution in [3.05, 3.63) is 34.3 Å². The summed E-state index contributed by atoms with van der Waals surface area (Å²) >= 11 is 6.22. The van der Waals surface area contributed by atoms with Gasteiger partial charge in [0.25, 0.3) is 0 Å². The summed E-state index contributed by atoms with van der Waals surface area (Å²) in [7, 11) is 0. The normalized spacial score (nSPS) is 17.6. The Balaban J connectivity index is 2.45. The molecule has 2 nitrogen and oxygen atoms in total. The van der Waals surface area contributed by atoms with E-state index in [1.165, 1.54) is 12.0 Å². The predicted octanol–water partition coefficient (Wildman–Crippen LogP) is 4.01. The highest BCUT2D eigenvalue weighted by molar-refractivity contribution is 6.30. The molecule has 0 spiro atoms. The number of Topliss-reactive ketones (excluding diaryl/α,β-unsaturated/α-hetero) is 1. The summed E-state index contributed by atoms with van der Waals surface area (Å²) in [5.41, 5.74) is 7.48. The number of hydrogen-bond acceptors (Lipinski definition) is 2. The minimum Gasteiger partial charge on any atom is -0.330 e. The maximum atomic E-state index is 12.5. The number of benzene rings is 1. The van der Waals surface area contributed by atoms with Gasteiger partial charge in [0, 0.05) is 22.3 Å². The minimum atomic E-state index is -0.387. The Morgan fingerprint density at radius 2 is 2.00 bits per heavy atom. The van der Waals surface area contributed by atoms with Gasteiger partial charge in [-0.05, 0) is 49.6 Å². The van der Waals surface area contributed by atoms with Crippen molar-refractivity contribution in [1.29, 1.82) is 0 Å². The lowest BCUT2D eigenvalue weighted by Gasteiger charge is -2.53. The van der Waals surface area contributed by atoms with Crippen molar-refractivity contribution in [2.24, 2.45) is 11.1 Å². The topological polar surface area (TPSA) is 43.1 Å². The van der Waals surface area contributed by atoms with Gasteiger partial charge in [-0.2, -0.15) is 0 Å². The van der Waals surface area contributed by atoms with Gasteiger partial charge < -0.3 is 5.73 Å². The van der Waals surface area contributed by atoms with Crippen LogP contribution in [0.15, 0.2) is 18.2 Å². The summed E-state index contributed by atoms with van der Waals surface area (Å²) in [6.45, 7) is 6.62. The molecule has 1 aromatic carbocycles. The molecule has 2 rings (SSSR count). The molecule has 20 heavy (non-hydrogen) atoms. The second-order valence-electron chi connectivity index (χ2n) is 6.54. The van der Waals surface area contributed by atoms with Crippen molar-refractivity contribution in [1.82, 2.24) is 0 Å². The second kappa shape index (κ2) is 5.50. The summed E-state index contributed by atoms with van der Waals surface area (Å²) in [4.78, 5) is 12.5. The average molecular weight is 294 g/mol. The van der Waals surface area contributed by atoms with Crippen LogP contribution in [0.25, 0.3) is 0 Å². The fraction of sp³-hybridized carbons (Fsp3) is 0.588. The maximum Gasteiger partial charge on any atom is 0.140 e. The molecular weight excluding hydrogens is 270 g/mol. The molecular formula is C17H24ClNO. The van der Waals surface area contributed by atoms with E-state index in [9.17, 15) is 4.79 Å². The summed E-state index contributed by atoms with van der Waals surface area (Å²) in [5, 5.41) is 0.758. The Bertz CT molecular complexity index is 497. The molecule has 1 aliphatic carbocycles. The molecule has 0 aliphatic heterocycles. The predicted molar refractivity (Wildman–Crippen MR) is 84.2 cm³/mol. The first-order valence-corrected chi connectivity index (χ1v) is 7.72. The molecule has 1 aromatic rings. The van der Waals surface area contributed by atoms with E-state index in [-0.39, 0.29) is 16.6 Å². The van der Waals surface area contributed by atoms with Gasteiger partial charge in [0.2, 0.25) is 0 Å². The molecule has 1 fully saturated rings. The zero-order valence-corrected chi connectivity index (χ0v) is 13.4. The van der Waals surface area contributed by atoms with E-state index in [1.54, 1.807) is 0 Å². The number of nitrogens with two attached hydrogens (primary N) is 1. The van der Waals surface area contributed by atoms with Crippen molar-refractivity contribution >= 4 is 17.4 Å². The molecule has 1 aliphatic rings. The smallest absolute Gasteiger partial charge is 0.140 e. The molecule has 1 saturated carbocycles. The molecule has 2 N–H and O–H groups in total. The number of rotatable bonds is 5. The van der Waals surface area contributed by atoms with Crippen LogP contribution >= 0.6 is 11.6 Å². The molecule has 0 aromatic heterocycles. The summed E-state index contributed by atoms with van der Waals surface area (Å²) in [6.07, 6.45) is 3.73. The Morgan fingerprint density at radius 1 is 1.35 bits per heavy atom. The van der Waals surface area contributed by atoms with Crippen molar-refractivity contribution in [2.45, 2.75) is 51.9 Å². The number of hydrogen-bond donors (Lipinski definition) is 1. The molecule has 110 valence electrons. The fourth-order valence-corrected chi connectivity index (χ4v) is 3.82. The lowest BCUT2D eigenvalue weighted by molar-refractivity contribution is -0.133. The largest absolute Gasteiger partial charge is 0.330 e. The van der Waals surface area contributed by atoms with Crippen LogP contribution in [0.5, 0.6) is 0 Å². The van der Waals surface area contributed by atoms with Gasteiger partial charge in [0.15, 0.2) is 0 Å². The third-order valence-electron chi connectivity index (χ3n) is 5.07. The second-order valence-corrected chi connectivity index (χ2v) is 6.98. The van der Waals surface area contributed by atoms with Gasteiger partial charge in [-0.15, -0.1) is 0 Å². The number of carbonyl (C=O) groups is 1. The molecule has 0 unspecified atom stereocenters. The SMILES string of the molecule is Cc1cc(Cl)cc(C2(C(C)(C)C(=O)CCN)CCC2)c1. The quantitative estimate of drug-likeness (QED) is 0.891. The van der Waals surface area contributed by atoms with E-state index < -0.39 is 0 Å². The van der Waals surface area contributed by atoms with Crippen LogP contribution in [0.3, 0.4) is 0 Å². The number of halogens is 1. The Kier molecular flexibility index (Phi) is 4.27. The molecule has 3 heteroatoms. The fourth-order valence-electron chi connectivity index (χ4n) is 3.53. The highest BCUT2D eigenvalue weighted by Gasteiger charge is 2.53. The first kappa shape index (κ1) is 15.5. The number of ketones is 1. The van der Waals surface area contributed by atoms with E-state index >= 15 is 0 Å². The van der Waals surface area contributed by atoms with E-state index in [2.05, 4.69) is 26.8 Å². The maximum absolute atomic E-state index is 12.5. The van der Waals surface area contributed by atoms with Crippen molar-refractivity contribution in [3.8, 4) is 0 Å². The lowest BCUT2D eigenvalue weighted by Crippen LogP contribution is -2.52. The highest BCUT2D eigenvalue weighted by atomic mass is 35.5. The zero-order chi connectivity index (χ0) is 15.0. The van der Waals surface area contributed by atoms with E-state index in [4.69, 9.17) is 17.3 Å². The third kappa shape index (κ3) is 2.40. The third-order valence-corrected chi connectivity index (χ3v) is 5.28. The molecule has 0 heterocycles. The van der Waals surface area contributed by atoms with Gasteiger partial charge in [0.05, 0.1) is 0 Å². The summed E-state index contributed by atoms with van der Waals surface area (Å²) < 4.78 is 0. The van der Waals surface area contributed by atoms with Gasteiger partial charge in [-0.25, -0.2) is 0 Å². The minimum absolute atomic E-state index is 0.0745. The van der Waals surface area contributed by atoms with Crippen LogP contribution < -0.4 is 5.73 Å². The van der Waals surface area contributed by atoms with Crippen molar-refractivity contribution < 1.29 is 4.79 Å². The molecule has 0 radical (unpaired) electrons. The van der Waals surface area contributed by atoms with Crippen molar-refractivity contribution in [2.75, 3.05) is 6.54 Å². The monoisotopic (exact) mass is 293 g/mol. The van der Waals surface area contributed by atoms with Crippen LogP contribution in [-0.2, 0) is 10.2 Å². The van der Waals surface area contributed by atoms with Crippen LogP contribution in [0, 0.1) is 12.3 Å². The molecule has 0 atom stereocenters. The van der Waals surface area contributed by atoms with E-state index in [0.717, 1.165) is 23.4 Å². The lowest BCUT2D eigenvalue weighted by atomic mass is 9.50. The Morgan fingerprint density at radius 3 is 2.45 bits per heavy atom. The van der Waals surface area contributed by atoms with Crippen LogP contribution in [0.4, 0.5) is 0 Å². The standard InChI is InChI=1S/C17H24ClNO/c1-12-9-13(11-14(18)10-12)17(6-4-7-17)16(2,3)15(20)5-8-19/h9-11H,4-8,19H2,1-3H3. The van der Waals surface area contributed by atoms with Gasteiger partial charge in [0.1, 0.15) is 5.78 Å². The first-order valence-electron chi connectivity index (χ1n) is 7.34. The van der Waals surface area contributed by atoms with Gasteiger partial charge in [-0.3, -0.25) is 4.79 Å². The highest BCUT2D eigenvalue weighted by Crippen LogP contribution is 2.56. The average Bonchev–Trinajstić information content (AvgIpc) is 2.25.